The van der Waals surface area contributed by atoms with Crippen LogP contribution in [0.2, 0.25) is 0 Å². The van der Waals surface area contributed by atoms with Crippen LogP contribution in [0.5, 0.6) is 5.75 Å². The minimum atomic E-state index is -3.98. The van der Waals surface area contributed by atoms with Crippen LogP contribution in [0.25, 0.3) is 0 Å². The molecule has 0 spiro atoms. The Bertz CT molecular complexity index is 1140. The summed E-state index contributed by atoms with van der Waals surface area (Å²) in [6, 6.07) is 11.0. The van der Waals surface area contributed by atoms with Crippen molar-refractivity contribution in [3.63, 3.8) is 0 Å². The summed E-state index contributed by atoms with van der Waals surface area (Å²) >= 11 is 0. The Morgan fingerprint density at radius 1 is 1.10 bits per heavy atom. The van der Waals surface area contributed by atoms with Crippen LogP contribution in [0.3, 0.4) is 0 Å². The molecule has 2 amide bonds. The quantitative estimate of drug-likeness (QED) is 0.681. The van der Waals surface area contributed by atoms with Crippen LogP contribution in [0.1, 0.15) is 54.3 Å². The van der Waals surface area contributed by atoms with Crippen LogP contribution in [0, 0.1) is 5.92 Å². The van der Waals surface area contributed by atoms with Gasteiger partial charge in [-0.2, -0.15) is 0 Å². The largest absolute Gasteiger partial charge is 0.497 e. The molecule has 0 aromatic heterocycles. The standard InChI is InChI=1S/C23H26N2O5S/c1-14(2)25-23(27)20-12-7-17(13-21(20)31(25,28)29)22(26)24(15(3)16-5-6-16)18-8-10-19(30-4)11-9-18/h7-16H,5-6H2,1-4H3. The molecule has 0 radical (unpaired) electrons. The first-order valence-electron chi connectivity index (χ1n) is 10.4. The van der Waals surface area contributed by atoms with Gasteiger partial charge in [-0.1, -0.05) is 0 Å². The summed E-state index contributed by atoms with van der Waals surface area (Å²) in [7, 11) is -2.40. The number of anilines is 1. The topological polar surface area (TPSA) is 84.0 Å². The molecule has 1 aliphatic carbocycles. The number of rotatable bonds is 6. The van der Waals surface area contributed by atoms with Gasteiger partial charge in [0.15, 0.2) is 0 Å². The number of sulfonamides is 1. The normalized spacial score (nSPS) is 18.1. The Morgan fingerprint density at radius 3 is 2.29 bits per heavy atom. The van der Waals surface area contributed by atoms with Crippen molar-refractivity contribution in [3.05, 3.63) is 53.6 Å². The Hall–Kier alpha value is -2.87. The van der Waals surface area contributed by atoms with Gasteiger partial charge in [-0.15, -0.1) is 0 Å². The first-order valence-corrected chi connectivity index (χ1v) is 11.8. The average Bonchev–Trinajstić information content (AvgIpc) is 3.56. The average molecular weight is 443 g/mol. The zero-order chi connectivity index (χ0) is 22.5. The van der Waals surface area contributed by atoms with E-state index < -0.39 is 22.0 Å². The van der Waals surface area contributed by atoms with E-state index in [0.717, 1.165) is 17.1 Å². The molecule has 1 heterocycles. The van der Waals surface area contributed by atoms with E-state index >= 15 is 0 Å². The van der Waals surface area contributed by atoms with E-state index in [0.29, 0.717) is 17.4 Å². The Kier molecular flexibility index (Phi) is 5.29. The van der Waals surface area contributed by atoms with Gasteiger partial charge in [-0.05, 0) is 82.0 Å². The van der Waals surface area contributed by atoms with Crippen LogP contribution in [0.4, 0.5) is 5.69 Å². The SMILES string of the molecule is COc1ccc(N(C(=O)c2ccc3c(c2)S(=O)(=O)N(C(C)C)C3=O)C(C)C2CC2)cc1. The molecule has 1 unspecified atom stereocenters. The predicted octanol–water partition coefficient (Wildman–Crippen LogP) is 3.69. The first-order chi connectivity index (χ1) is 14.7. The highest BCUT2D eigenvalue weighted by atomic mass is 32.2. The minimum Gasteiger partial charge on any atom is -0.497 e. The third kappa shape index (κ3) is 3.59. The van der Waals surface area contributed by atoms with Crippen molar-refractivity contribution in [2.24, 2.45) is 5.92 Å². The lowest BCUT2D eigenvalue weighted by Crippen LogP contribution is -2.40. The Labute approximate surface area is 182 Å². The molecule has 164 valence electrons. The molecule has 0 bridgehead atoms. The molecule has 0 saturated heterocycles. The Morgan fingerprint density at radius 2 is 1.74 bits per heavy atom. The second kappa shape index (κ2) is 7.67. The van der Waals surface area contributed by atoms with Crippen molar-refractivity contribution < 1.29 is 22.7 Å². The third-order valence-electron chi connectivity index (χ3n) is 5.95. The van der Waals surface area contributed by atoms with E-state index in [-0.39, 0.29) is 28.0 Å². The molecule has 1 fully saturated rings. The van der Waals surface area contributed by atoms with Crippen molar-refractivity contribution in [3.8, 4) is 5.75 Å². The summed E-state index contributed by atoms with van der Waals surface area (Å²) in [6.07, 6.45) is 2.11. The van der Waals surface area contributed by atoms with Gasteiger partial charge in [-0.3, -0.25) is 9.59 Å². The van der Waals surface area contributed by atoms with E-state index in [4.69, 9.17) is 4.74 Å². The fourth-order valence-electron chi connectivity index (χ4n) is 4.10. The number of methoxy groups -OCH3 is 1. The van der Waals surface area contributed by atoms with E-state index in [1.54, 1.807) is 38.0 Å². The van der Waals surface area contributed by atoms with Crippen LogP contribution in [-0.4, -0.2) is 43.7 Å². The second-order valence-electron chi connectivity index (χ2n) is 8.36. The Balaban J connectivity index is 1.75. The van der Waals surface area contributed by atoms with Crippen molar-refractivity contribution in [2.45, 2.75) is 50.6 Å². The molecule has 7 nitrogen and oxygen atoms in total. The molecule has 31 heavy (non-hydrogen) atoms. The molecular formula is C23H26N2O5S. The number of hydrogen-bond donors (Lipinski definition) is 0. The molecule has 4 rings (SSSR count). The van der Waals surface area contributed by atoms with Gasteiger partial charge in [0, 0.05) is 23.3 Å². The van der Waals surface area contributed by atoms with Crippen LogP contribution < -0.4 is 9.64 Å². The molecule has 8 heteroatoms. The number of ether oxygens (including phenoxy) is 1. The maximum Gasteiger partial charge on any atom is 0.269 e. The van der Waals surface area contributed by atoms with Gasteiger partial charge < -0.3 is 9.64 Å². The van der Waals surface area contributed by atoms with Crippen LogP contribution >= 0.6 is 0 Å². The number of carbonyl (C=O) groups is 2. The summed E-state index contributed by atoms with van der Waals surface area (Å²) < 4.78 is 32.0. The van der Waals surface area contributed by atoms with Crippen molar-refractivity contribution >= 4 is 27.5 Å². The fraction of sp³-hybridized carbons (Fsp3) is 0.391. The van der Waals surface area contributed by atoms with Gasteiger partial charge in [0.2, 0.25) is 0 Å². The zero-order valence-corrected chi connectivity index (χ0v) is 18.8. The third-order valence-corrected chi connectivity index (χ3v) is 7.94. The predicted molar refractivity (Wildman–Crippen MR) is 117 cm³/mol. The van der Waals surface area contributed by atoms with E-state index in [1.807, 2.05) is 19.1 Å². The summed E-state index contributed by atoms with van der Waals surface area (Å²) in [6.45, 7) is 5.31. The van der Waals surface area contributed by atoms with Gasteiger partial charge in [-0.25, -0.2) is 12.7 Å². The van der Waals surface area contributed by atoms with Gasteiger partial charge in [0.25, 0.3) is 21.8 Å². The van der Waals surface area contributed by atoms with Crippen molar-refractivity contribution in [1.29, 1.82) is 0 Å². The van der Waals surface area contributed by atoms with Crippen molar-refractivity contribution in [1.82, 2.24) is 4.31 Å². The molecular weight excluding hydrogens is 416 g/mol. The fourth-order valence-corrected chi connectivity index (χ4v) is 5.89. The van der Waals surface area contributed by atoms with Crippen LogP contribution in [-0.2, 0) is 10.0 Å². The lowest BCUT2D eigenvalue weighted by molar-refractivity contribution is 0.0845. The van der Waals surface area contributed by atoms with Gasteiger partial charge >= 0.3 is 0 Å². The van der Waals surface area contributed by atoms with E-state index in [2.05, 4.69) is 0 Å². The maximum absolute atomic E-state index is 13.6. The molecule has 1 atom stereocenters. The summed E-state index contributed by atoms with van der Waals surface area (Å²) in [4.78, 5) is 27.8. The lowest BCUT2D eigenvalue weighted by Gasteiger charge is -2.30. The van der Waals surface area contributed by atoms with Crippen LogP contribution in [0.15, 0.2) is 47.4 Å². The number of nitrogens with zero attached hydrogens (tertiary/aromatic N) is 2. The first kappa shape index (κ1) is 21.4. The van der Waals surface area contributed by atoms with Crippen molar-refractivity contribution in [2.75, 3.05) is 12.0 Å². The monoisotopic (exact) mass is 442 g/mol. The number of benzene rings is 2. The molecule has 0 N–H and O–H groups in total. The highest BCUT2D eigenvalue weighted by molar-refractivity contribution is 7.90. The summed E-state index contributed by atoms with van der Waals surface area (Å²) in [5.74, 6) is 0.244. The summed E-state index contributed by atoms with van der Waals surface area (Å²) in [5.41, 5.74) is 1.06. The molecule has 2 aromatic rings. The lowest BCUT2D eigenvalue weighted by atomic mass is 10.1. The molecule has 1 aliphatic heterocycles. The number of amides is 2. The van der Waals surface area contributed by atoms with E-state index in [9.17, 15) is 18.0 Å². The molecule has 2 aliphatic rings. The number of fused-ring (bicyclic) bond motifs is 1. The minimum absolute atomic E-state index is 0.0421. The van der Waals surface area contributed by atoms with Gasteiger partial charge in [0.1, 0.15) is 10.6 Å². The highest BCUT2D eigenvalue weighted by Gasteiger charge is 2.43. The van der Waals surface area contributed by atoms with E-state index in [1.165, 1.54) is 18.2 Å². The molecule has 2 aromatic carbocycles. The summed E-state index contributed by atoms with van der Waals surface area (Å²) in [5, 5.41) is 0. The second-order valence-corrected chi connectivity index (χ2v) is 10.1. The smallest absolute Gasteiger partial charge is 0.269 e. The maximum atomic E-state index is 13.6. The number of hydrogen-bond acceptors (Lipinski definition) is 5. The zero-order valence-electron chi connectivity index (χ0n) is 18.0. The van der Waals surface area contributed by atoms with Gasteiger partial charge in [0.05, 0.1) is 12.7 Å². The molecule has 1 saturated carbocycles. The highest BCUT2D eigenvalue weighted by Crippen LogP contribution is 2.39. The number of carbonyl (C=O) groups excluding carboxylic acids is 2.